The van der Waals surface area contributed by atoms with Crippen LogP contribution in [0.4, 0.5) is 5.69 Å². The molecule has 3 heterocycles. The molecular weight excluding hydrogens is 422 g/mol. The van der Waals surface area contributed by atoms with E-state index in [1.165, 1.54) is 0 Å². The van der Waals surface area contributed by atoms with E-state index in [0.717, 1.165) is 27.3 Å². The maximum absolute atomic E-state index is 13.5. The van der Waals surface area contributed by atoms with Crippen molar-refractivity contribution >= 4 is 28.9 Å². The summed E-state index contributed by atoms with van der Waals surface area (Å²) in [6.07, 6.45) is 0. The number of aryl methyl sites for hydroxylation is 1. The van der Waals surface area contributed by atoms with Crippen molar-refractivity contribution in [2.45, 2.75) is 19.9 Å². The molecule has 2 aromatic heterocycles. The van der Waals surface area contributed by atoms with Gasteiger partial charge >= 0.3 is 5.97 Å². The summed E-state index contributed by atoms with van der Waals surface area (Å²) in [4.78, 5) is 28.3. The fourth-order valence-corrected chi connectivity index (χ4v) is 4.86. The van der Waals surface area contributed by atoms with Crippen molar-refractivity contribution in [3.05, 3.63) is 93.3 Å². The number of carbonyl (C=O) groups excluding carboxylic acids is 2. The molecule has 0 fully saturated rings. The molecule has 0 saturated carbocycles. The lowest BCUT2D eigenvalue weighted by Crippen LogP contribution is -2.28. The summed E-state index contributed by atoms with van der Waals surface area (Å²) in [7, 11) is 0. The second-order valence-electron chi connectivity index (χ2n) is 7.59. The van der Waals surface area contributed by atoms with Gasteiger partial charge in [-0.1, -0.05) is 35.9 Å². The molecule has 0 bridgehead atoms. The Balaban J connectivity index is 1.60. The van der Waals surface area contributed by atoms with Crippen LogP contribution in [0.15, 0.2) is 66.0 Å². The third-order valence-electron chi connectivity index (χ3n) is 5.56. The minimum Gasteiger partial charge on any atom is -0.462 e. The molecule has 2 aromatic carbocycles. The zero-order valence-corrected chi connectivity index (χ0v) is 18.5. The monoisotopic (exact) mass is 443 g/mol. The summed E-state index contributed by atoms with van der Waals surface area (Å²) in [5.74, 6) is -0.522. The number of fused-ring (bicyclic) bond motifs is 1. The van der Waals surface area contributed by atoms with Gasteiger partial charge in [-0.3, -0.25) is 14.8 Å². The Kier molecular flexibility index (Phi) is 5.11. The number of nitrogens with zero attached hydrogens (tertiary/aromatic N) is 2. The van der Waals surface area contributed by atoms with Crippen molar-refractivity contribution in [1.82, 2.24) is 10.2 Å². The van der Waals surface area contributed by atoms with Gasteiger partial charge in [0.05, 0.1) is 17.9 Å². The molecule has 7 heteroatoms. The Labute approximate surface area is 189 Å². The summed E-state index contributed by atoms with van der Waals surface area (Å²) in [6, 6.07) is 18.8. The van der Waals surface area contributed by atoms with Crippen LogP contribution in [-0.2, 0) is 4.74 Å². The number of amides is 1. The lowest BCUT2D eigenvalue weighted by Gasteiger charge is -2.25. The third kappa shape index (κ3) is 3.31. The molecule has 1 atom stereocenters. The molecule has 6 nitrogen and oxygen atoms in total. The van der Waals surface area contributed by atoms with Gasteiger partial charge in [-0.05, 0) is 49.6 Å². The van der Waals surface area contributed by atoms with E-state index in [1.807, 2.05) is 48.7 Å². The molecule has 1 aliphatic rings. The first-order valence-electron chi connectivity index (χ1n) is 10.4. The fraction of sp³-hybridized carbons (Fsp3) is 0.160. The molecular formula is C25H21N3O3S. The van der Waals surface area contributed by atoms with Gasteiger partial charge in [-0.25, -0.2) is 4.79 Å². The van der Waals surface area contributed by atoms with Crippen molar-refractivity contribution < 1.29 is 14.3 Å². The number of hydrogen-bond donors (Lipinski definition) is 1. The molecule has 4 aromatic rings. The number of aromatic nitrogens is 2. The first-order valence-corrected chi connectivity index (χ1v) is 11.3. The van der Waals surface area contributed by atoms with Gasteiger partial charge in [-0.2, -0.15) is 5.10 Å². The van der Waals surface area contributed by atoms with Gasteiger partial charge in [0, 0.05) is 21.7 Å². The van der Waals surface area contributed by atoms with Crippen LogP contribution in [-0.4, -0.2) is 28.7 Å². The zero-order valence-electron chi connectivity index (χ0n) is 17.7. The SMILES string of the molecule is CCOC(=O)c1ccc(N2C(=O)c3[nH]nc(-c4ccc(C)cc4)c3[C@H]2c2cccs2)cc1. The molecule has 0 saturated heterocycles. The maximum atomic E-state index is 13.5. The first kappa shape index (κ1) is 20.2. The number of aromatic amines is 1. The van der Waals surface area contributed by atoms with E-state index in [-0.39, 0.29) is 17.9 Å². The number of carbonyl (C=O) groups is 2. The van der Waals surface area contributed by atoms with Crippen molar-refractivity contribution in [2.75, 3.05) is 11.5 Å². The molecule has 0 aliphatic carbocycles. The standard InChI is InChI=1S/C25H21N3O3S/c1-3-31-25(30)17-10-12-18(13-11-17)28-23(19-5-4-14-32-19)20-21(26-27-22(20)24(28)29)16-8-6-15(2)7-9-16/h4-14,23H,3H2,1-2H3,(H,26,27)/t23-/m1/s1. The van der Waals surface area contributed by atoms with Crippen LogP contribution < -0.4 is 4.90 Å². The third-order valence-corrected chi connectivity index (χ3v) is 6.49. The summed E-state index contributed by atoms with van der Waals surface area (Å²) in [5, 5.41) is 9.49. The molecule has 1 amide bonds. The summed E-state index contributed by atoms with van der Waals surface area (Å²) in [6.45, 7) is 4.13. The number of rotatable bonds is 5. The van der Waals surface area contributed by atoms with E-state index in [9.17, 15) is 9.59 Å². The molecule has 0 unspecified atom stereocenters. The van der Waals surface area contributed by atoms with Crippen LogP contribution >= 0.6 is 11.3 Å². The highest BCUT2D eigenvalue weighted by molar-refractivity contribution is 7.10. The van der Waals surface area contributed by atoms with Gasteiger partial charge in [0.15, 0.2) is 0 Å². The number of thiophene rings is 1. The molecule has 1 N–H and O–H groups in total. The van der Waals surface area contributed by atoms with Crippen LogP contribution in [0.2, 0.25) is 0 Å². The minimum absolute atomic E-state index is 0.145. The zero-order chi connectivity index (χ0) is 22.2. The van der Waals surface area contributed by atoms with E-state index in [1.54, 1.807) is 47.4 Å². The van der Waals surface area contributed by atoms with Gasteiger partial charge in [0.25, 0.3) is 5.91 Å². The number of ether oxygens (including phenoxy) is 1. The van der Waals surface area contributed by atoms with Crippen molar-refractivity contribution in [3.63, 3.8) is 0 Å². The number of nitrogens with one attached hydrogen (secondary N) is 1. The van der Waals surface area contributed by atoms with Gasteiger partial charge in [0.2, 0.25) is 0 Å². The van der Waals surface area contributed by atoms with E-state index < -0.39 is 0 Å². The van der Waals surface area contributed by atoms with Crippen molar-refractivity contribution in [1.29, 1.82) is 0 Å². The van der Waals surface area contributed by atoms with E-state index in [2.05, 4.69) is 10.2 Å². The number of anilines is 1. The highest BCUT2D eigenvalue weighted by Gasteiger charge is 2.43. The number of benzene rings is 2. The summed E-state index contributed by atoms with van der Waals surface area (Å²) >= 11 is 1.60. The number of esters is 1. The molecule has 5 rings (SSSR count). The fourth-order valence-electron chi connectivity index (χ4n) is 4.03. The smallest absolute Gasteiger partial charge is 0.338 e. The van der Waals surface area contributed by atoms with Crippen LogP contribution in [0, 0.1) is 6.92 Å². The average Bonchev–Trinajstić information content (AvgIpc) is 3.53. The second kappa shape index (κ2) is 8.09. The van der Waals surface area contributed by atoms with Crippen LogP contribution in [0.25, 0.3) is 11.3 Å². The van der Waals surface area contributed by atoms with E-state index >= 15 is 0 Å². The summed E-state index contributed by atoms with van der Waals surface area (Å²) in [5.41, 5.74) is 5.43. The van der Waals surface area contributed by atoms with Crippen LogP contribution in [0.1, 0.15) is 49.8 Å². The molecule has 0 spiro atoms. The number of hydrogen-bond acceptors (Lipinski definition) is 5. The van der Waals surface area contributed by atoms with Gasteiger partial charge < -0.3 is 4.74 Å². The molecule has 160 valence electrons. The predicted molar refractivity (Wildman–Crippen MR) is 124 cm³/mol. The lowest BCUT2D eigenvalue weighted by atomic mass is 10.00. The van der Waals surface area contributed by atoms with Crippen molar-refractivity contribution in [2.24, 2.45) is 0 Å². The first-order chi connectivity index (χ1) is 15.6. The Morgan fingerprint density at radius 2 is 1.88 bits per heavy atom. The molecule has 0 radical (unpaired) electrons. The average molecular weight is 444 g/mol. The highest BCUT2D eigenvalue weighted by atomic mass is 32.1. The van der Waals surface area contributed by atoms with Crippen LogP contribution in [0.3, 0.4) is 0 Å². The Morgan fingerprint density at radius 1 is 1.12 bits per heavy atom. The Bertz CT molecular complexity index is 1280. The maximum Gasteiger partial charge on any atom is 0.338 e. The predicted octanol–water partition coefficient (Wildman–Crippen LogP) is 5.37. The van der Waals surface area contributed by atoms with Gasteiger partial charge in [0.1, 0.15) is 11.7 Å². The second-order valence-corrected chi connectivity index (χ2v) is 8.57. The van der Waals surface area contributed by atoms with Crippen molar-refractivity contribution in [3.8, 4) is 11.3 Å². The largest absolute Gasteiger partial charge is 0.462 e. The molecule has 1 aliphatic heterocycles. The van der Waals surface area contributed by atoms with Crippen LogP contribution in [0.5, 0.6) is 0 Å². The van der Waals surface area contributed by atoms with Gasteiger partial charge in [-0.15, -0.1) is 11.3 Å². The summed E-state index contributed by atoms with van der Waals surface area (Å²) < 4.78 is 5.07. The topological polar surface area (TPSA) is 75.3 Å². The quantitative estimate of drug-likeness (QED) is 0.421. The van der Waals surface area contributed by atoms with E-state index in [4.69, 9.17) is 4.74 Å². The van der Waals surface area contributed by atoms with E-state index in [0.29, 0.717) is 23.6 Å². The lowest BCUT2D eigenvalue weighted by molar-refractivity contribution is 0.0526. The number of H-pyrrole nitrogens is 1. The Hall–Kier alpha value is -3.71. The highest BCUT2D eigenvalue weighted by Crippen LogP contribution is 2.46. The normalized spacial score (nSPS) is 15.1. The molecule has 32 heavy (non-hydrogen) atoms. The Morgan fingerprint density at radius 3 is 2.53 bits per heavy atom. The minimum atomic E-state index is -0.377.